The van der Waals surface area contributed by atoms with Gasteiger partial charge in [0.15, 0.2) is 0 Å². The summed E-state index contributed by atoms with van der Waals surface area (Å²) in [6.07, 6.45) is 0.0961. The number of ether oxygens (including phenoxy) is 2. The van der Waals surface area contributed by atoms with Crippen molar-refractivity contribution < 1.29 is 19.1 Å². The maximum Gasteiger partial charge on any atom is 0.307 e. The number of benzene rings is 1. The second-order valence-corrected chi connectivity index (χ2v) is 5.53. The van der Waals surface area contributed by atoms with E-state index in [1.165, 1.54) is 18.4 Å². The molecular formula is C16H17NO4S. The lowest BCUT2D eigenvalue weighted by atomic mass is 10.1. The summed E-state index contributed by atoms with van der Waals surface area (Å²) in [5.74, 6) is 0.0688. The normalized spacial score (nSPS) is 11.5. The minimum Gasteiger partial charge on any atom is -0.497 e. The third-order valence-electron chi connectivity index (χ3n) is 3.14. The molecule has 0 fully saturated rings. The van der Waals surface area contributed by atoms with E-state index in [1.807, 2.05) is 17.5 Å². The second-order valence-electron chi connectivity index (χ2n) is 4.55. The van der Waals surface area contributed by atoms with Crippen LogP contribution in [-0.4, -0.2) is 26.1 Å². The van der Waals surface area contributed by atoms with E-state index in [2.05, 4.69) is 5.32 Å². The topological polar surface area (TPSA) is 64.6 Å². The van der Waals surface area contributed by atoms with Crippen LogP contribution in [0.2, 0.25) is 0 Å². The molecule has 1 heterocycles. The molecule has 0 radical (unpaired) electrons. The molecule has 0 bridgehead atoms. The molecule has 1 aromatic carbocycles. The highest BCUT2D eigenvalue weighted by molar-refractivity contribution is 7.10. The van der Waals surface area contributed by atoms with Crippen molar-refractivity contribution in [3.8, 4) is 5.75 Å². The zero-order chi connectivity index (χ0) is 15.9. The highest BCUT2D eigenvalue weighted by atomic mass is 32.1. The molecule has 22 heavy (non-hydrogen) atoms. The quantitative estimate of drug-likeness (QED) is 0.832. The van der Waals surface area contributed by atoms with Gasteiger partial charge >= 0.3 is 5.97 Å². The summed E-state index contributed by atoms with van der Waals surface area (Å²) >= 11 is 1.48. The van der Waals surface area contributed by atoms with Gasteiger partial charge in [0.25, 0.3) is 5.91 Å². The summed E-state index contributed by atoms with van der Waals surface area (Å²) in [7, 11) is 2.90. The molecule has 0 saturated heterocycles. The summed E-state index contributed by atoms with van der Waals surface area (Å²) in [5.41, 5.74) is 0.507. The van der Waals surface area contributed by atoms with Gasteiger partial charge in [-0.05, 0) is 35.7 Å². The Balaban J connectivity index is 2.11. The molecule has 0 aliphatic heterocycles. The van der Waals surface area contributed by atoms with Crippen molar-refractivity contribution in [1.82, 2.24) is 5.32 Å². The summed E-state index contributed by atoms with van der Waals surface area (Å²) in [6, 6.07) is 10.2. The lowest BCUT2D eigenvalue weighted by Crippen LogP contribution is -2.30. The van der Waals surface area contributed by atoms with E-state index in [0.717, 1.165) is 4.88 Å². The third-order valence-corrected chi connectivity index (χ3v) is 4.13. The Kier molecular flexibility index (Phi) is 5.55. The van der Waals surface area contributed by atoms with E-state index in [4.69, 9.17) is 9.47 Å². The third kappa shape index (κ3) is 4.08. The average molecular weight is 319 g/mol. The zero-order valence-electron chi connectivity index (χ0n) is 12.4. The van der Waals surface area contributed by atoms with Gasteiger partial charge in [-0.3, -0.25) is 9.59 Å². The van der Waals surface area contributed by atoms with Gasteiger partial charge < -0.3 is 14.8 Å². The molecule has 5 nitrogen and oxygen atoms in total. The Labute approximate surface area is 132 Å². The molecule has 116 valence electrons. The van der Waals surface area contributed by atoms with Crippen molar-refractivity contribution in [2.24, 2.45) is 0 Å². The van der Waals surface area contributed by atoms with Gasteiger partial charge in [0, 0.05) is 10.4 Å². The van der Waals surface area contributed by atoms with E-state index in [9.17, 15) is 9.59 Å². The van der Waals surface area contributed by atoms with Crippen LogP contribution in [0.4, 0.5) is 0 Å². The number of methoxy groups -OCH3 is 2. The Bertz CT molecular complexity index is 622. The predicted molar refractivity (Wildman–Crippen MR) is 84.2 cm³/mol. The number of hydrogen-bond acceptors (Lipinski definition) is 5. The first-order valence-electron chi connectivity index (χ1n) is 6.69. The largest absolute Gasteiger partial charge is 0.497 e. The number of hydrogen-bond donors (Lipinski definition) is 1. The Hall–Kier alpha value is -2.34. The number of nitrogens with one attached hydrogen (secondary N) is 1. The van der Waals surface area contributed by atoms with Crippen LogP contribution in [0.15, 0.2) is 41.8 Å². The number of carbonyl (C=O) groups is 2. The SMILES string of the molecule is COC(=O)C[C@@H](NC(=O)c1ccc(OC)cc1)c1cccs1. The van der Waals surface area contributed by atoms with Crippen LogP contribution in [0.3, 0.4) is 0 Å². The summed E-state index contributed by atoms with van der Waals surface area (Å²) in [6.45, 7) is 0. The fourth-order valence-electron chi connectivity index (χ4n) is 1.95. The molecule has 0 spiro atoms. The lowest BCUT2D eigenvalue weighted by molar-refractivity contribution is -0.141. The highest BCUT2D eigenvalue weighted by Gasteiger charge is 2.20. The summed E-state index contributed by atoms with van der Waals surface area (Å²) < 4.78 is 9.76. The molecule has 0 aliphatic carbocycles. The fraction of sp³-hybridized carbons (Fsp3) is 0.250. The van der Waals surface area contributed by atoms with E-state index in [0.29, 0.717) is 11.3 Å². The van der Waals surface area contributed by atoms with E-state index in [1.54, 1.807) is 31.4 Å². The molecule has 1 aromatic heterocycles. The number of thiophene rings is 1. The molecule has 0 saturated carbocycles. The first-order valence-corrected chi connectivity index (χ1v) is 7.57. The molecule has 0 unspecified atom stereocenters. The van der Waals surface area contributed by atoms with Crippen LogP contribution in [-0.2, 0) is 9.53 Å². The number of esters is 1. The van der Waals surface area contributed by atoms with E-state index >= 15 is 0 Å². The number of carbonyl (C=O) groups excluding carboxylic acids is 2. The van der Waals surface area contributed by atoms with Crippen LogP contribution >= 0.6 is 11.3 Å². The Morgan fingerprint density at radius 2 is 1.91 bits per heavy atom. The molecule has 1 N–H and O–H groups in total. The molecule has 2 aromatic rings. The average Bonchev–Trinajstić information content (AvgIpc) is 3.08. The van der Waals surface area contributed by atoms with E-state index in [-0.39, 0.29) is 18.3 Å². The first-order chi connectivity index (χ1) is 10.6. The van der Waals surface area contributed by atoms with Gasteiger partial charge in [0.1, 0.15) is 5.75 Å². The molecule has 1 atom stereocenters. The molecule has 1 amide bonds. The van der Waals surface area contributed by atoms with Crippen molar-refractivity contribution in [3.63, 3.8) is 0 Å². The summed E-state index contributed by atoms with van der Waals surface area (Å²) in [5, 5.41) is 4.77. The minimum absolute atomic E-state index is 0.0961. The van der Waals surface area contributed by atoms with Crippen LogP contribution in [0, 0.1) is 0 Å². The van der Waals surface area contributed by atoms with Crippen molar-refractivity contribution in [3.05, 3.63) is 52.2 Å². The number of rotatable bonds is 6. The van der Waals surface area contributed by atoms with Gasteiger partial charge in [-0.25, -0.2) is 0 Å². The van der Waals surface area contributed by atoms with Crippen LogP contribution in [0.1, 0.15) is 27.7 Å². The standard InChI is InChI=1S/C16H17NO4S/c1-20-12-7-5-11(6-8-12)16(19)17-13(10-15(18)21-2)14-4-3-9-22-14/h3-9,13H,10H2,1-2H3,(H,17,19)/t13-/m1/s1. The molecular weight excluding hydrogens is 302 g/mol. The smallest absolute Gasteiger partial charge is 0.307 e. The molecule has 2 rings (SSSR count). The van der Waals surface area contributed by atoms with E-state index < -0.39 is 6.04 Å². The fourth-order valence-corrected chi connectivity index (χ4v) is 2.72. The maximum atomic E-state index is 12.3. The first kappa shape index (κ1) is 16.0. The zero-order valence-corrected chi connectivity index (χ0v) is 13.2. The molecule has 6 heteroatoms. The van der Waals surface area contributed by atoms with Crippen LogP contribution in [0.25, 0.3) is 0 Å². The van der Waals surface area contributed by atoms with Gasteiger partial charge in [-0.15, -0.1) is 11.3 Å². The Morgan fingerprint density at radius 3 is 2.45 bits per heavy atom. The van der Waals surface area contributed by atoms with Gasteiger partial charge in [0.05, 0.1) is 26.7 Å². The second kappa shape index (κ2) is 7.61. The predicted octanol–water partition coefficient (Wildman–Crippen LogP) is 2.79. The number of amides is 1. The van der Waals surface area contributed by atoms with Crippen LogP contribution < -0.4 is 10.1 Å². The van der Waals surface area contributed by atoms with Crippen molar-refractivity contribution in [1.29, 1.82) is 0 Å². The Morgan fingerprint density at radius 1 is 1.18 bits per heavy atom. The van der Waals surface area contributed by atoms with Crippen LogP contribution in [0.5, 0.6) is 5.75 Å². The van der Waals surface area contributed by atoms with Crippen molar-refractivity contribution in [2.75, 3.05) is 14.2 Å². The lowest BCUT2D eigenvalue weighted by Gasteiger charge is -2.16. The van der Waals surface area contributed by atoms with Gasteiger partial charge in [-0.2, -0.15) is 0 Å². The monoisotopic (exact) mass is 319 g/mol. The minimum atomic E-state index is -0.401. The van der Waals surface area contributed by atoms with Crippen molar-refractivity contribution >= 4 is 23.2 Å². The van der Waals surface area contributed by atoms with Gasteiger partial charge in [0.2, 0.25) is 0 Å². The van der Waals surface area contributed by atoms with Crippen molar-refractivity contribution in [2.45, 2.75) is 12.5 Å². The van der Waals surface area contributed by atoms with Gasteiger partial charge in [-0.1, -0.05) is 6.07 Å². The summed E-state index contributed by atoms with van der Waals surface area (Å²) in [4.78, 5) is 24.8. The maximum absolute atomic E-state index is 12.3. The highest BCUT2D eigenvalue weighted by Crippen LogP contribution is 2.23. The molecule has 0 aliphatic rings.